The van der Waals surface area contributed by atoms with E-state index in [2.05, 4.69) is 30.7 Å². The Morgan fingerprint density at radius 2 is 2.37 bits per heavy atom. The molecule has 1 aliphatic rings. The fourth-order valence-corrected chi connectivity index (χ4v) is 3.50. The maximum Gasteiger partial charge on any atom is 0.186 e. The molecule has 0 spiro atoms. The summed E-state index contributed by atoms with van der Waals surface area (Å²) in [6, 6.07) is 0.357. The molecule has 0 saturated carbocycles. The average Bonchev–Trinajstić information content (AvgIpc) is 3.02. The van der Waals surface area contributed by atoms with Crippen LogP contribution in [-0.2, 0) is 4.74 Å². The van der Waals surface area contributed by atoms with Gasteiger partial charge in [0.1, 0.15) is 0 Å². The minimum Gasteiger partial charge on any atom is -0.376 e. The van der Waals surface area contributed by atoms with E-state index in [1.165, 1.54) is 11.3 Å². The number of hydrogen-bond donors (Lipinski definition) is 0. The molecule has 2 heterocycles. The molecule has 0 amide bonds. The summed E-state index contributed by atoms with van der Waals surface area (Å²) in [6.07, 6.45) is 3.18. The highest BCUT2D eigenvalue weighted by Gasteiger charge is 2.30. The topological polar surface area (TPSA) is 42.4 Å². The SMILES string of the molecule is CCC(C)c1nc(N(C)C2CCOC2C)sc1C=O. The van der Waals surface area contributed by atoms with Gasteiger partial charge in [0.05, 0.1) is 22.7 Å². The summed E-state index contributed by atoms with van der Waals surface area (Å²) in [5.41, 5.74) is 0.941. The van der Waals surface area contributed by atoms with E-state index in [9.17, 15) is 4.79 Å². The number of aromatic nitrogens is 1. The van der Waals surface area contributed by atoms with Crippen LogP contribution in [0.5, 0.6) is 0 Å². The van der Waals surface area contributed by atoms with Crippen molar-refractivity contribution in [3.63, 3.8) is 0 Å². The molecule has 0 aliphatic carbocycles. The van der Waals surface area contributed by atoms with Crippen LogP contribution in [0.25, 0.3) is 0 Å². The fourth-order valence-electron chi connectivity index (χ4n) is 2.48. The highest BCUT2D eigenvalue weighted by molar-refractivity contribution is 7.17. The Bertz CT molecular complexity index is 447. The van der Waals surface area contributed by atoms with Crippen molar-refractivity contribution in [2.45, 2.75) is 51.7 Å². The Balaban J connectivity index is 2.25. The number of anilines is 1. The van der Waals surface area contributed by atoms with Crippen molar-refractivity contribution in [3.8, 4) is 0 Å². The number of aldehydes is 1. The Hall–Kier alpha value is -0.940. The molecule has 0 bridgehead atoms. The zero-order valence-electron chi connectivity index (χ0n) is 12.0. The quantitative estimate of drug-likeness (QED) is 0.778. The van der Waals surface area contributed by atoms with E-state index in [4.69, 9.17) is 4.74 Å². The third kappa shape index (κ3) is 2.82. The lowest BCUT2D eigenvalue weighted by atomic mass is 10.0. The molecule has 2 rings (SSSR count). The smallest absolute Gasteiger partial charge is 0.186 e. The normalized spacial score (nSPS) is 24.4. The molecule has 0 aromatic carbocycles. The van der Waals surface area contributed by atoms with Gasteiger partial charge in [0.25, 0.3) is 0 Å². The van der Waals surface area contributed by atoms with Gasteiger partial charge in [-0.1, -0.05) is 25.2 Å². The molecular weight excluding hydrogens is 260 g/mol. The first-order chi connectivity index (χ1) is 9.08. The number of likely N-dealkylation sites (N-methyl/N-ethyl adjacent to an activating group) is 1. The van der Waals surface area contributed by atoms with Crippen molar-refractivity contribution in [2.24, 2.45) is 0 Å². The van der Waals surface area contributed by atoms with Gasteiger partial charge in [0, 0.05) is 13.7 Å². The lowest BCUT2D eigenvalue weighted by Crippen LogP contribution is -2.36. The summed E-state index contributed by atoms with van der Waals surface area (Å²) in [5.74, 6) is 0.329. The maximum atomic E-state index is 11.2. The van der Waals surface area contributed by atoms with E-state index in [-0.39, 0.29) is 6.10 Å². The van der Waals surface area contributed by atoms with Crippen LogP contribution in [-0.4, -0.2) is 37.1 Å². The summed E-state index contributed by atoms with van der Waals surface area (Å²) in [4.78, 5) is 18.8. The van der Waals surface area contributed by atoms with Crippen LogP contribution in [0.15, 0.2) is 0 Å². The van der Waals surface area contributed by atoms with Gasteiger partial charge in [-0.2, -0.15) is 0 Å². The lowest BCUT2D eigenvalue weighted by molar-refractivity contribution is 0.112. The number of hydrogen-bond acceptors (Lipinski definition) is 5. The number of carbonyl (C=O) groups excluding carboxylic acids is 1. The second kappa shape index (κ2) is 6.01. The highest BCUT2D eigenvalue weighted by atomic mass is 32.1. The average molecular weight is 282 g/mol. The van der Waals surface area contributed by atoms with E-state index in [0.29, 0.717) is 12.0 Å². The molecule has 1 fully saturated rings. The fraction of sp³-hybridized carbons (Fsp3) is 0.714. The van der Waals surface area contributed by atoms with Crippen molar-refractivity contribution >= 4 is 22.8 Å². The van der Waals surface area contributed by atoms with Crippen molar-refractivity contribution < 1.29 is 9.53 Å². The number of thiazole rings is 1. The second-order valence-corrected chi connectivity index (χ2v) is 6.23. The molecule has 3 unspecified atom stereocenters. The first kappa shape index (κ1) is 14.5. The van der Waals surface area contributed by atoms with Crippen LogP contribution in [0.1, 0.15) is 54.9 Å². The van der Waals surface area contributed by atoms with E-state index >= 15 is 0 Å². The van der Waals surface area contributed by atoms with E-state index in [1.807, 2.05) is 7.05 Å². The van der Waals surface area contributed by atoms with Gasteiger partial charge in [-0.15, -0.1) is 0 Å². The van der Waals surface area contributed by atoms with Crippen LogP contribution in [0.2, 0.25) is 0 Å². The monoisotopic (exact) mass is 282 g/mol. The molecule has 1 aliphatic heterocycles. The Morgan fingerprint density at radius 3 is 2.89 bits per heavy atom. The second-order valence-electron chi connectivity index (χ2n) is 5.22. The predicted octanol–water partition coefficient (Wildman–Crippen LogP) is 3.08. The molecule has 5 heteroatoms. The van der Waals surface area contributed by atoms with Gasteiger partial charge in [-0.3, -0.25) is 4.79 Å². The number of rotatable bonds is 5. The zero-order valence-corrected chi connectivity index (χ0v) is 12.9. The first-order valence-electron chi connectivity index (χ1n) is 6.88. The summed E-state index contributed by atoms with van der Waals surface area (Å²) < 4.78 is 5.61. The lowest BCUT2D eigenvalue weighted by Gasteiger charge is -2.26. The molecule has 0 N–H and O–H groups in total. The molecule has 4 nitrogen and oxygen atoms in total. The molecule has 1 aromatic heterocycles. The Kier molecular flexibility index (Phi) is 4.58. The van der Waals surface area contributed by atoms with Gasteiger partial charge in [-0.25, -0.2) is 4.98 Å². The molecule has 19 heavy (non-hydrogen) atoms. The maximum absolute atomic E-state index is 11.2. The molecule has 3 atom stereocenters. The van der Waals surface area contributed by atoms with Crippen LogP contribution >= 0.6 is 11.3 Å². The minimum atomic E-state index is 0.223. The standard InChI is InChI=1S/C14H22N2O2S/c1-5-9(2)13-12(8-17)19-14(15-13)16(4)11-6-7-18-10(11)3/h8-11H,5-7H2,1-4H3. The Labute approximate surface area is 118 Å². The molecule has 106 valence electrons. The summed E-state index contributed by atoms with van der Waals surface area (Å²) in [7, 11) is 2.05. The van der Waals surface area contributed by atoms with Gasteiger partial charge in [-0.05, 0) is 25.7 Å². The van der Waals surface area contributed by atoms with Crippen molar-refractivity contribution in [1.29, 1.82) is 0 Å². The number of ether oxygens (including phenoxy) is 1. The number of nitrogens with zero attached hydrogens (tertiary/aromatic N) is 2. The van der Waals surface area contributed by atoms with Crippen molar-refractivity contribution in [2.75, 3.05) is 18.6 Å². The van der Waals surface area contributed by atoms with E-state index in [0.717, 1.165) is 41.4 Å². The van der Waals surface area contributed by atoms with Crippen LogP contribution < -0.4 is 4.90 Å². The largest absolute Gasteiger partial charge is 0.376 e. The van der Waals surface area contributed by atoms with E-state index in [1.54, 1.807) is 0 Å². The molecule has 0 radical (unpaired) electrons. The Morgan fingerprint density at radius 1 is 1.63 bits per heavy atom. The van der Waals surface area contributed by atoms with Gasteiger partial charge < -0.3 is 9.64 Å². The first-order valence-corrected chi connectivity index (χ1v) is 7.70. The zero-order chi connectivity index (χ0) is 14.0. The number of carbonyl (C=O) groups is 1. The minimum absolute atomic E-state index is 0.223. The highest BCUT2D eigenvalue weighted by Crippen LogP contribution is 2.33. The van der Waals surface area contributed by atoms with Crippen molar-refractivity contribution in [1.82, 2.24) is 4.98 Å². The van der Waals surface area contributed by atoms with E-state index < -0.39 is 0 Å². The van der Waals surface area contributed by atoms with Crippen molar-refractivity contribution in [3.05, 3.63) is 10.6 Å². The summed E-state index contributed by atoms with van der Waals surface area (Å²) in [6.45, 7) is 7.14. The van der Waals surface area contributed by atoms with Gasteiger partial charge in [0.2, 0.25) is 0 Å². The van der Waals surface area contributed by atoms with Crippen LogP contribution in [0, 0.1) is 0 Å². The van der Waals surface area contributed by atoms with Crippen LogP contribution in [0.3, 0.4) is 0 Å². The van der Waals surface area contributed by atoms with Gasteiger partial charge in [0.15, 0.2) is 11.4 Å². The summed E-state index contributed by atoms with van der Waals surface area (Å²) in [5, 5.41) is 0.930. The third-order valence-electron chi connectivity index (χ3n) is 3.99. The van der Waals surface area contributed by atoms with Crippen LogP contribution in [0.4, 0.5) is 5.13 Å². The molecule has 1 aromatic rings. The molecule has 1 saturated heterocycles. The third-order valence-corrected chi connectivity index (χ3v) is 5.08. The predicted molar refractivity (Wildman–Crippen MR) is 78.4 cm³/mol. The summed E-state index contributed by atoms with van der Waals surface area (Å²) >= 11 is 1.49. The van der Waals surface area contributed by atoms with Gasteiger partial charge >= 0.3 is 0 Å². The molecular formula is C14H22N2O2S.